The van der Waals surface area contributed by atoms with Crippen LogP contribution in [0.2, 0.25) is 0 Å². The largest absolute Gasteiger partial charge is 0.493 e. The average molecular weight is 182 g/mol. The molecule has 0 spiro atoms. The molecule has 0 aromatic heterocycles. The average Bonchev–Trinajstić information content (AvgIpc) is 2.08. The van der Waals surface area contributed by atoms with Crippen molar-refractivity contribution in [3.63, 3.8) is 0 Å². The fourth-order valence-corrected chi connectivity index (χ4v) is 1.08. The fourth-order valence-electron chi connectivity index (χ4n) is 1.08. The topological polar surface area (TPSA) is 30.5 Å². The summed E-state index contributed by atoms with van der Waals surface area (Å²) >= 11 is 0. The number of nitrogens with one attached hydrogen (secondary N) is 1. The van der Waals surface area contributed by atoms with Crippen LogP contribution >= 0.6 is 0 Å². The first-order chi connectivity index (χ1) is 6.24. The van der Waals surface area contributed by atoms with Crippen molar-refractivity contribution in [2.75, 3.05) is 13.7 Å². The van der Waals surface area contributed by atoms with Gasteiger partial charge in [0.25, 0.3) is 0 Å². The van der Waals surface area contributed by atoms with Gasteiger partial charge in [-0.1, -0.05) is 0 Å². The van der Waals surface area contributed by atoms with Gasteiger partial charge in [-0.05, 0) is 32.2 Å². The van der Waals surface area contributed by atoms with Crippen LogP contribution in [0.15, 0.2) is 24.1 Å². The molecule has 0 saturated heterocycles. The van der Waals surface area contributed by atoms with Crippen molar-refractivity contribution < 1.29 is 9.47 Å². The standard InChI is InChI=1S/C10H16NO2/c1-8(2)13-10-5-4-6-11-9(10)7-12-3/h4-6,8,11H,7H2,1-3H3. The second kappa shape index (κ2) is 4.92. The first kappa shape index (κ1) is 10.1. The highest BCUT2D eigenvalue weighted by Crippen LogP contribution is 2.17. The molecule has 0 fully saturated rings. The highest BCUT2D eigenvalue weighted by molar-refractivity contribution is 5.27. The van der Waals surface area contributed by atoms with Gasteiger partial charge in [0, 0.05) is 7.11 Å². The minimum atomic E-state index is 0.186. The second-order valence-electron chi connectivity index (χ2n) is 3.11. The Morgan fingerprint density at radius 2 is 2.23 bits per heavy atom. The van der Waals surface area contributed by atoms with Crippen molar-refractivity contribution in [3.8, 4) is 0 Å². The molecule has 0 unspecified atom stereocenters. The van der Waals surface area contributed by atoms with E-state index in [1.165, 1.54) is 0 Å². The summed E-state index contributed by atoms with van der Waals surface area (Å²) in [6.07, 6.45) is 5.90. The van der Waals surface area contributed by atoms with Crippen LogP contribution in [-0.4, -0.2) is 19.8 Å². The van der Waals surface area contributed by atoms with Gasteiger partial charge in [-0.3, -0.25) is 0 Å². The molecule has 1 N–H and O–H groups in total. The van der Waals surface area contributed by atoms with E-state index < -0.39 is 0 Å². The number of ether oxygens (including phenoxy) is 2. The van der Waals surface area contributed by atoms with E-state index in [0.717, 1.165) is 11.8 Å². The molecule has 13 heavy (non-hydrogen) atoms. The van der Waals surface area contributed by atoms with Crippen molar-refractivity contribution in [2.45, 2.75) is 20.0 Å². The Hall–Kier alpha value is -0.960. The molecule has 0 aliphatic carbocycles. The third-order valence-corrected chi connectivity index (χ3v) is 1.55. The maximum absolute atomic E-state index is 5.59. The van der Waals surface area contributed by atoms with Crippen LogP contribution in [0.4, 0.5) is 0 Å². The molecule has 1 aliphatic rings. The minimum absolute atomic E-state index is 0.186. The Balaban J connectivity index is 2.54. The Morgan fingerprint density at radius 1 is 1.46 bits per heavy atom. The van der Waals surface area contributed by atoms with Crippen LogP contribution < -0.4 is 5.32 Å². The molecule has 0 aromatic carbocycles. The van der Waals surface area contributed by atoms with Gasteiger partial charge in [0.15, 0.2) is 6.04 Å². The van der Waals surface area contributed by atoms with E-state index in [2.05, 4.69) is 5.32 Å². The lowest BCUT2D eigenvalue weighted by atomic mass is 10.2. The van der Waals surface area contributed by atoms with Gasteiger partial charge in [0.05, 0.1) is 12.7 Å². The van der Waals surface area contributed by atoms with E-state index in [9.17, 15) is 0 Å². The molecule has 0 atom stereocenters. The molecule has 1 rings (SSSR count). The van der Waals surface area contributed by atoms with Crippen molar-refractivity contribution in [2.24, 2.45) is 0 Å². The summed E-state index contributed by atoms with van der Waals surface area (Å²) in [5.41, 5.74) is 0. The number of hydrogen-bond donors (Lipinski definition) is 1. The van der Waals surface area contributed by atoms with Crippen LogP contribution in [0.5, 0.6) is 0 Å². The number of allylic oxidation sites excluding steroid dienone is 2. The molecular weight excluding hydrogens is 166 g/mol. The number of hydrogen-bond acceptors (Lipinski definition) is 3. The van der Waals surface area contributed by atoms with Gasteiger partial charge in [0.2, 0.25) is 0 Å². The molecule has 3 heteroatoms. The first-order valence-electron chi connectivity index (χ1n) is 4.39. The lowest BCUT2D eigenvalue weighted by Gasteiger charge is -2.23. The monoisotopic (exact) mass is 182 g/mol. The van der Waals surface area contributed by atoms with Crippen LogP contribution in [0.1, 0.15) is 13.8 Å². The minimum Gasteiger partial charge on any atom is -0.493 e. The van der Waals surface area contributed by atoms with Crippen LogP contribution in [0.3, 0.4) is 0 Å². The lowest BCUT2D eigenvalue weighted by Crippen LogP contribution is -2.26. The Bertz CT molecular complexity index is 209. The zero-order chi connectivity index (χ0) is 9.68. The van der Waals surface area contributed by atoms with Crippen molar-refractivity contribution >= 4 is 0 Å². The molecular formula is C10H16NO2. The molecule has 1 radical (unpaired) electrons. The normalized spacial score (nSPS) is 17.1. The van der Waals surface area contributed by atoms with Crippen molar-refractivity contribution in [1.29, 1.82) is 0 Å². The fraction of sp³-hybridized carbons (Fsp3) is 0.500. The van der Waals surface area contributed by atoms with Crippen LogP contribution in [-0.2, 0) is 9.47 Å². The third-order valence-electron chi connectivity index (χ3n) is 1.55. The summed E-state index contributed by atoms with van der Waals surface area (Å²) in [4.78, 5) is 0. The molecule has 0 saturated carbocycles. The Kier molecular flexibility index (Phi) is 3.83. The zero-order valence-corrected chi connectivity index (χ0v) is 8.33. The molecule has 3 nitrogen and oxygen atoms in total. The summed E-state index contributed by atoms with van der Waals surface area (Å²) in [7, 11) is 1.67. The van der Waals surface area contributed by atoms with E-state index in [1.807, 2.05) is 32.2 Å². The molecule has 1 heterocycles. The van der Waals surface area contributed by atoms with Crippen molar-refractivity contribution in [1.82, 2.24) is 5.32 Å². The van der Waals surface area contributed by atoms with E-state index in [0.29, 0.717) is 6.61 Å². The van der Waals surface area contributed by atoms with Gasteiger partial charge in [-0.25, -0.2) is 0 Å². The highest BCUT2D eigenvalue weighted by Gasteiger charge is 2.18. The van der Waals surface area contributed by atoms with Gasteiger partial charge in [0.1, 0.15) is 5.76 Å². The summed E-state index contributed by atoms with van der Waals surface area (Å²) in [6.45, 7) is 4.55. The summed E-state index contributed by atoms with van der Waals surface area (Å²) in [5, 5.41) is 3.09. The molecule has 0 aromatic rings. The zero-order valence-electron chi connectivity index (χ0n) is 8.33. The molecule has 73 valence electrons. The maximum atomic E-state index is 5.59. The summed E-state index contributed by atoms with van der Waals surface area (Å²) in [5.74, 6) is 0.861. The van der Waals surface area contributed by atoms with E-state index in [1.54, 1.807) is 7.11 Å². The number of dihydropyridines is 1. The lowest BCUT2D eigenvalue weighted by molar-refractivity contribution is 0.124. The van der Waals surface area contributed by atoms with E-state index >= 15 is 0 Å². The third kappa shape index (κ3) is 3.11. The number of methoxy groups -OCH3 is 1. The molecule has 0 bridgehead atoms. The SMILES string of the molecule is COC[C]1NC=CC=C1OC(C)C. The maximum Gasteiger partial charge on any atom is 0.151 e. The smallest absolute Gasteiger partial charge is 0.151 e. The second-order valence-corrected chi connectivity index (χ2v) is 3.11. The first-order valence-corrected chi connectivity index (χ1v) is 4.39. The Labute approximate surface area is 79.4 Å². The predicted molar refractivity (Wildman–Crippen MR) is 51.7 cm³/mol. The predicted octanol–water partition coefficient (Wildman–Crippen LogP) is 1.59. The van der Waals surface area contributed by atoms with Crippen LogP contribution in [0.25, 0.3) is 0 Å². The molecule has 0 amide bonds. The van der Waals surface area contributed by atoms with Gasteiger partial charge in [-0.2, -0.15) is 0 Å². The quantitative estimate of drug-likeness (QED) is 0.716. The van der Waals surface area contributed by atoms with Gasteiger partial charge in [-0.15, -0.1) is 0 Å². The van der Waals surface area contributed by atoms with Gasteiger partial charge < -0.3 is 14.8 Å². The van der Waals surface area contributed by atoms with E-state index in [4.69, 9.17) is 9.47 Å². The summed E-state index contributed by atoms with van der Waals surface area (Å²) < 4.78 is 10.6. The highest BCUT2D eigenvalue weighted by atomic mass is 16.5. The Morgan fingerprint density at radius 3 is 2.85 bits per heavy atom. The molecule has 1 aliphatic heterocycles. The van der Waals surface area contributed by atoms with E-state index in [-0.39, 0.29) is 6.10 Å². The van der Waals surface area contributed by atoms with Crippen LogP contribution in [0, 0.1) is 6.04 Å². The van der Waals surface area contributed by atoms with Crippen molar-refractivity contribution in [3.05, 3.63) is 30.2 Å². The summed E-state index contributed by atoms with van der Waals surface area (Å²) in [6, 6.07) is 0.971. The number of rotatable bonds is 4. The van der Waals surface area contributed by atoms with Gasteiger partial charge >= 0.3 is 0 Å².